The van der Waals surface area contributed by atoms with Gasteiger partial charge < -0.3 is 15.5 Å². The zero-order valence-electron chi connectivity index (χ0n) is 9.53. The number of aliphatic hydroxyl groups is 1. The zero-order valence-corrected chi connectivity index (χ0v) is 9.53. The van der Waals surface area contributed by atoms with Crippen LogP contribution in [0.3, 0.4) is 0 Å². The van der Waals surface area contributed by atoms with Gasteiger partial charge in [-0.15, -0.1) is 0 Å². The van der Waals surface area contributed by atoms with Gasteiger partial charge in [0.2, 0.25) is 0 Å². The lowest BCUT2D eigenvalue weighted by atomic mass is 10.1. The predicted octanol–water partition coefficient (Wildman–Crippen LogP) is 1.20. The third-order valence-corrected chi connectivity index (χ3v) is 2.34. The summed E-state index contributed by atoms with van der Waals surface area (Å²) in [5.41, 5.74) is 1.16. The number of carbonyl (C=O) groups is 1. The highest BCUT2D eigenvalue weighted by Crippen LogP contribution is 2.18. The van der Waals surface area contributed by atoms with Crippen molar-refractivity contribution >= 4 is 5.91 Å². The Morgan fingerprint density at radius 3 is 2.75 bits per heavy atom. The van der Waals surface area contributed by atoms with E-state index in [1.807, 2.05) is 6.92 Å². The van der Waals surface area contributed by atoms with Gasteiger partial charge in [-0.05, 0) is 38.0 Å². The van der Waals surface area contributed by atoms with E-state index < -0.39 is 0 Å². The van der Waals surface area contributed by atoms with Gasteiger partial charge in [-0.1, -0.05) is 6.07 Å². The molecule has 0 fully saturated rings. The summed E-state index contributed by atoms with van der Waals surface area (Å²) in [6.45, 7) is 3.68. The molecule has 4 nitrogen and oxygen atoms in total. The van der Waals surface area contributed by atoms with Gasteiger partial charge in [-0.3, -0.25) is 4.79 Å². The Balaban J connectivity index is 2.73. The quantitative estimate of drug-likeness (QED) is 0.718. The fraction of sp³-hybridized carbons (Fsp3) is 0.417. The number of amides is 1. The summed E-state index contributed by atoms with van der Waals surface area (Å²) in [5, 5.41) is 21.0. The highest BCUT2D eigenvalue weighted by Gasteiger charge is 2.13. The van der Waals surface area contributed by atoms with E-state index in [2.05, 4.69) is 5.32 Å². The standard InChI is InChI=1S/C12H17NO3/c1-8-3-4-10(11(15)7-8)12(16)13-9(2)5-6-14/h3-4,7,9,14-15H,5-6H2,1-2H3,(H,13,16)/t9-/m1/s1. The first kappa shape index (κ1) is 12.5. The van der Waals surface area contributed by atoms with Crippen LogP contribution in [0.4, 0.5) is 0 Å². The van der Waals surface area contributed by atoms with Crippen LogP contribution in [0.1, 0.15) is 29.3 Å². The molecule has 0 saturated carbocycles. The van der Waals surface area contributed by atoms with Gasteiger partial charge in [0.1, 0.15) is 5.75 Å². The second-order valence-corrected chi connectivity index (χ2v) is 3.91. The molecule has 0 unspecified atom stereocenters. The van der Waals surface area contributed by atoms with Gasteiger partial charge >= 0.3 is 0 Å². The molecule has 4 heteroatoms. The lowest BCUT2D eigenvalue weighted by Crippen LogP contribution is -2.33. The lowest BCUT2D eigenvalue weighted by molar-refractivity contribution is 0.0932. The molecule has 1 amide bonds. The predicted molar refractivity (Wildman–Crippen MR) is 61.5 cm³/mol. The number of phenolic OH excluding ortho intramolecular Hbond substituents is 1. The zero-order chi connectivity index (χ0) is 12.1. The van der Waals surface area contributed by atoms with Crippen LogP contribution in [0.25, 0.3) is 0 Å². The number of aliphatic hydroxyl groups excluding tert-OH is 1. The van der Waals surface area contributed by atoms with Crippen molar-refractivity contribution in [3.05, 3.63) is 29.3 Å². The number of nitrogens with one attached hydrogen (secondary N) is 1. The maximum atomic E-state index is 11.7. The summed E-state index contributed by atoms with van der Waals surface area (Å²) in [4.78, 5) is 11.7. The molecule has 0 aromatic heterocycles. The second-order valence-electron chi connectivity index (χ2n) is 3.91. The number of aryl methyl sites for hydroxylation is 1. The van der Waals surface area contributed by atoms with Gasteiger partial charge in [0, 0.05) is 12.6 Å². The molecule has 0 aliphatic carbocycles. The molecule has 88 valence electrons. The smallest absolute Gasteiger partial charge is 0.255 e. The Hall–Kier alpha value is -1.55. The molecule has 1 rings (SSSR count). The van der Waals surface area contributed by atoms with Crippen LogP contribution in [0.15, 0.2) is 18.2 Å². The minimum atomic E-state index is -0.321. The van der Waals surface area contributed by atoms with Crippen LogP contribution in [-0.2, 0) is 0 Å². The average molecular weight is 223 g/mol. The minimum Gasteiger partial charge on any atom is -0.507 e. The molecule has 1 aromatic rings. The fourth-order valence-electron chi connectivity index (χ4n) is 1.40. The molecule has 0 saturated heterocycles. The van der Waals surface area contributed by atoms with Crippen LogP contribution < -0.4 is 5.32 Å². The molecule has 0 bridgehead atoms. The summed E-state index contributed by atoms with van der Waals surface area (Å²) < 4.78 is 0. The Morgan fingerprint density at radius 1 is 1.50 bits per heavy atom. The molecular formula is C12H17NO3. The van der Waals surface area contributed by atoms with E-state index >= 15 is 0 Å². The van der Waals surface area contributed by atoms with Crippen LogP contribution in [0.5, 0.6) is 5.75 Å². The van der Waals surface area contributed by atoms with Gasteiger partial charge in [0.05, 0.1) is 5.56 Å². The van der Waals surface area contributed by atoms with Crippen LogP contribution >= 0.6 is 0 Å². The number of carbonyl (C=O) groups excluding carboxylic acids is 1. The second kappa shape index (κ2) is 5.51. The van der Waals surface area contributed by atoms with Gasteiger partial charge in [-0.25, -0.2) is 0 Å². The summed E-state index contributed by atoms with van der Waals surface area (Å²) >= 11 is 0. The van der Waals surface area contributed by atoms with E-state index in [1.54, 1.807) is 25.1 Å². The van der Waals surface area contributed by atoms with Crippen molar-refractivity contribution in [2.45, 2.75) is 26.3 Å². The number of aromatic hydroxyl groups is 1. The first-order chi connectivity index (χ1) is 7.54. The molecular weight excluding hydrogens is 206 g/mol. The Morgan fingerprint density at radius 2 is 2.19 bits per heavy atom. The molecule has 3 N–H and O–H groups in total. The highest BCUT2D eigenvalue weighted by atomic mass is 16.3. The maximum absolute atomic E-state index is 11.7. The minimum absolute atomic E-state index is 0.0197. The van der Waals surface area contributed by atoms with Gasteiger partial charge in [-0.2, -0.15) is 0 Å². The summed E-state index contributed by atoms with van der Waals surface area (Å²) in [6, 6.07) is 4.79. The summed E-state index contributed by atoms with van der Waals surface area (Å²) in [7, 11) is 0. The van der Waals surface area contributed by atoms with Crippen LogP contribution in [-0.4, -0.2) is 28.8 Å². The van der Waals surface area contributed by atoms with Crippen molar-refractivity contribution in [3.63, 3.8) is 0 Å². The number of benzene rings is 1. The highest BCUT2D eigenvalue weighted by molar-refractivity contribution is 5.97. The van der Waals surface area contributed by atoms with Crippen molar-refractivity contribution in [1.29, 1.82) is 0 Å². The van der Waals surface area contributed by atoms with Crippen molar-refractivity contribution in [3.8, 4) is 5.75 Å². The lowest BCUT2D eigenvalue weighted by Gasteiger charge is -2.13. The van der Waals surface area contributed by atoms with Crippen molar-refractivity contribution in [1.82, 2.24) is 5.32 Å². The first-order valence-corrected chi connectivity index (χ1v) is 5.26. The van der Waals surface area contributed by atoms with E-state index in [9.17, 15) is 9.90 Å². The summed E-state index contributed by atoms with van der Waals surface area (Å²) in [5.74, 6) is -0.341. The topological polar surface area (TPSA) is 69.6 Å². The van der Waals surface area contributed by atoms with Crippen molar-refractivity contribution < 1.29 is 15.0 Å². The first-order valence-electron chi connectivity index (χ1n) is 5.26. The van der Waals surface area contributed by atoms with Crippen molar-refractivity contribution in [2.75, 3.05) is 6.61 Å². The number of hydrogen-bond donors (Lipinski definition) is 3. The molecule has 1 aromatic carbocycles. The Bertz CT molecular complexity index is 377. The van der Waals surface area contributed by atoms with E-state index in [4.69, 9.17) is 5.11 Å². The van der Waals surface area contributed by atoms with Gasteiger partial charge in [0.25, 0.3) is 5.91 Å². The molecule has 0 radical (unpaired) electrons. The molecule has 0 spiro atoms. The monoisotopic (exact) mass is 223 g/mol. The number of phenols is 1. The molecule has 0 heterocycles. The van der Waals surface area contributed by atoms with Gasteiger partial charge in [0.15, 0.2) is 0 Å². The largest absolute Gasteiger partial charge is 0.507 e. The van der Waals surface area contributed by atoms with E-state index in [-0.39, 0.29) is 29.9 Å². The van der Waals surface area contributed by atoms with Crippen LogP contribution in [0.2, 0.25) is 0 Å². The summed E-state index contributed by atoms with van der Waals surface area (Å²) in [6.07, 6.45) is 0.498. The van der Waals surface area contributed by atoms with Crippen LogP contribution in [0, 0.1) is 6.92 Å². The molecule has 16 heavy (non-hydrogen) atoms. The number of rotatable bonds is 4. The normalized spacial score (nSPS) is 12.2. The molecule has 0 aliphatic rings. The Kier molecular flexibility index (Phi) is 4.31. The third-order valence-electron chi connectivity index (χ3n) is 2.34. The van der Waals surface area contributed by atoms with E-state index in [0.717, 1.165) is 5.56 Å². The van der Waals surface area contributed by atoms with E-state index in [1.165, 1.54) is 0 Å². The molecule has 1 atom stereocenters. The fourth-order valence-corrected chi connectivity index (χ4v) is 1.40. The van der Waals surface area contributed by atoms with E-state index in [0.29, 0.717) is 6.42 Å². The SMILES string of the molecule is Cc1ccc(C(=O)N[C@H](C)CCO)c(O)c1. The number of hydrogen-bond acceptors (Lipinski definition) is 3. The molecule has 0 aliphatic heterocycles. The Labute approximate surface area is 94.9 Å². The average Bonchev–Trinajstić information content (AvgIpc) is 2.17. The third kappa shape index (κ3) is 3.24. The van der Waals surface area contributed by atoms with Crippen molar-refractivity contribution in [2.24, 2.45) is 0 Å². The maximum Gasteiger partial charge on any atom is 0.255 e.